The van der Waals surface area contributed by atoms with E-state index in [9.17, 15) is 4.79 Å². The van der Waals surface area contributed by atoms with Gasteiger partial charge in [0.1, 0.15) is 5.82 Å². The molecule has 3 rings (SSSR count). The minimum absolute atomic E-state index is 0.118. The summed E-state index contributed by atoms with van der Waals surface area (Å²) in [6.07, 6.45) is 1.66. The molecule has 0 saturated carbocycles. The first-order chi connectivity index (χ1) is 11.6. The van der Waals surface area contributed by atoms with Gasteiger partial charge in [-0.05, 0) is 25.5 Å². The Balaban J connectivity index is 1.97. The molecule has 1 N–H and O–H groups in total. The van der Waals surface area contributed by atoms with Crippen LogP contribution in [-0.2, 0) is 6.42 Å². The molecular formula is C17H22ClN5O. The monoisotopic (exact) mass is 347 g/mol. The predicted molar refractivity (Wildman–Crippen MR) is 93.7 cm³/mol. The lowest BCUT2D eigenvalue weighted by molar-refractivity contribution is 0.0643. The van der Waals surface area contributed by atoms with E-state index in [2.05, 4.69) is 22.3 Å². The lowest BCUT2D eigenvalue weighted by Gasteiger charge is -2.33. The fourth-order valence-corrected chi connectivity index (χ4v) is 3.12. The number of amides is 1. The van der Waals surface area contributed by atoms with Crippen LogP contribution < -0.4 is 5.32 Å². The van der Waals surface area contributed by atoms with Crippen LogP contribution in [0, 0.1) is 0 Å². The SMILES string of the molecule is CCCc1nc(C(=O)N2CCNC[C@@H]2C)nn1-c1ccccc1Cl. The molecule has 1 aliphatic heterocycles. The molecule has 0 aliphatic carbocycles. The molecule has 7 heteroatoms. The Hall–Kier alpha value is -1.92. The lowest BCUT2D eigenvalue weighted by atomic mass is 10.2. The zero-order valence-corrected chi connectivity index (χ0v) is 14.8. The van der Waals surface area contributed by atoms with Gasteiger partial charge >= 0.3 is 0 Å². The van der Waals surface area contributed by atoms with E-state index < -0.39 is 0 Å². The number of hydrogen-bond acceptors (Lipinski definition) is 4. The van der Waals surface area contributed by atoms with Crippen molar-refractivity contribution in [1.29, 1.82) is 0 Å². The molecule has 128 valence electrons. The highest BCUT2D eigenvalue weighted by molar-refractivity contribution is 6.32. The highest BCUT2D eigenvalue weighted by atomic mass is 35.5. The highest BCUT2D eigenvalue weighted by Gasteiger charge is 2.28. The van der Waals surface area contributed by atoms with Crippen molar-refractivity contribution in [3.63, 3.8) is 0 Å². The van der Waals surface area contributed by atoms with Crippen LogP contribution in [0.4, 0.5) is 0 Å². The summed E-state index contributed by atoms with van der Waals surface area (Å²) < 4.78 is 1.70. The quantitative estimate of drug-likeness (QED) is 0.921. The first-order valence-corrected chi connectivity index (χ1v) is 8.72. The molecule has 1 aromatic carbocycles. The third-order valence-electron chi connectivity index (χ3n) is 4.18. The Labute approximate surface area is 146 Å². The largest absolute Gasteiger partial charge is 0.331 e. The van der Waals surface area contributed by atoms with Gasteiger partial charge in [0.05, 0.1) is 10.7 Å². The van der Waals surface area contributed by atoms with E-state index in [-0.39, 0.29) is 17.8 Å². The molecular weight excluding hydrogens is 326 g/mol. The van der Waals surface area contributed by atoms with E-state index >= 15 is 0 Å². The number of aryl methyl sites for hydroxylation is 1. The zero-order valence-electron chi connectivity index (χ0n) is 14.0. The maximum Gasteiger partial charge on any atom is 0.293 e. The number of halogens is 1. The number of aromatic nitrogens is 3. The summed E-state index contributed by atoms with van der Waals surface area (Å²) in [5, 5.41) is 8.35. The molecule has 1 aromatic heterocycles. The van der Waals surface area contributed by atoms with Gasteiger partial charge in [-0.3, -0.25) is 4.79 Å². The van der Waals surface area contributed by atoms with E-state index in [0.717, 1.165) is 37.4 Å². The standard InChI is InChI=1S/C17H22ClN5O/c1-3-6-15-20-16(17(24)22-10-9-19-11-12(22)2)21-23(15)14-8-5-4-7-13(14)18/h4-5,7-8,12,19H,3,6,9-11H2,1-2H3/t12-/m0/s1. The number of carbonyl (C=O) groups is 1. The number of benzene rings is 1. The molecule has 1 amide bonds. The van der Waals surface area contributed by atoms with Crippen molar-refractivity contribution in [3.05, 3.63) is 40.9 Å². The Morgan fingerprint density at radius 1 is 1.42 bits per heavy atom. The molecule has 6 nitrogen and oxygen atoms in total. The van der Waals surface area contributed by atoms with Crippen LogP contribution in [0.15, 0.2) is 24.3 Å². The summed E-state index contributed by atoms with van der Waals surface area (Å²) in [5.74, 6) is 0.885. The zero-order chi connectivity index (χ0) is 17.1. The van der Waals surface area contributed by atoms with Gasteiger partial charge in [-0.25, -0.2) is 9.67 Å². The summed E-state index contributed by atoms with van der Waals surface area (Å²) in [6.45, 7) is 6.36. The summed E-state index contributed by atoms with van der Waals surface area (Å²) >= 11 is 6.30. The van der Waals surface area contributed by atoms with Crippen LogP contribution in [0.5, 0.6) is 0 Å². The molecule has 1 aliphatic rings. The Kier molecular flexibility index (Phi) is 5.16. The minimum atomic E-state index is -0.118. The topological polar surface area (TPSA) is 63.1 Å². The van der Waals surface area contributed by atoms with Gasteiger partial charge in [0.2, 0.25) is 5.82 Å². The molecule has 2 aromatic rings. The number of nitrogens with one attached hydrogen (secondary N) is 1. The predicted octanol–water partition coefficient (Wildman–Crippen LogP) is 2.31. The van der Waals surface area contributed by atoms with E-state index in [1.165, 1.54) is 0 Å². The summed E-state index contributed by atoms with van der Waals surface area (Å²) in [6, 6.07) is 7.61. The molecule has 1 atom stereocenters. The van der Waals surface area contributed by atoms with E-state index in [1.807, 2.05) is 36.1 Å². The Morgan fingerprint density at radius 2 is 2.21 bits per heavy atom. The Morgan fingerprint density at radius 3 is 2.92 bits per heavy atom. The maximum atomic E-state index is 12.8. The van der Waals surface area contributed by atoms with E-state index in [1.54, 1.807) is 4.68 Å². The molecule has 24 heavy (non-hydrogen) atoms. The van der Waals surface area contributed by atoms with E-state index in [4.69, 9.17) is 11.6 Å². The van der Waals surface area contributed by atoms with Crippen molar-refractivity contribution in [1.82, 2.24) is 25.0 Å². The second-order valence-corrected chi connectivity index (χ2v) is 6.42. The fraction of sp³-hybridized carbons (Fsp3) is 0.471. The third kappa shape index (κ3) is 3.30. The van der Waals surface area contributed by atoms with Gasteiger partial charge < -0.3 is 10.2 Å². The second-order valence-electron chi connectivity index (χ2n) is 6.02. The van der Waals surface area contributed by atoms with Crippen LogP contribution in [0.3, 0.4) is 0 Å². The normalized spacial score (nSPS) is 18.0. The average Bonchev–Trinajstić information content (AvgIpc) is 2.99. The number of piperazine rings is 1. The third-order valence-corrected chi connectivity index (χ3v) is 4.50. The number of para-hydroxylation sites is 1. The average molecular weight is 348 g/mol. The minimum Gasteiger partial charge on any atom is -0.331 e. The number of hydrogen-bond donors (Lipinski definition) is 1. The van der Waals surface area contributed by atoms with Gasteiger partial charge in [-0.15, -0.1) is 5.10 Å². The first-order valence-electron chi connectivity index (χ1n) is 8.34. The maximum absolute atomic E-state index is 12.8. The van der Waals surface area contributed by atoms with Gasteiger partial charge in [0.15, 0.2) is 0 Å². The molecule has 1 saturated heterocycles. The van der Waals surface area contributed by atoms with Crippen molar-refractivity contribution in [2.75, 3.05) is 19.6 Å². The van der Waals surface area contributed by atoms with E-state index in [0.29, 0.717) is 11.6 Å². The van der Waals surface area contributed by atoms with Crippen LogP contribution in [-0.4, -0.2) is 51.2 Å². The molecule has 0 radical (unpaired) electrons. The fourth-order valence-electron chi connectivity index (χ4n) is 2.91. The van der Waals surface area contributed by atoms with Gasteiger partial charge in [0, 0.05) is 32.1 Å². The second kappa shape index (κ2) is 7.32. The van der Waals surface area contributed by atoms with Crippen LogP contribution in [0.1, 0.15) is 36.7 Å². The van der Waals surface area contributed by atoms with Crippen LogP contribution in [0.25, 0.3) is 5.69 Å². The van der Waals surface area contributed by atoms with Crippen LogP contribution >= 0.6 is 11.6 Å². The van der Waals surface area contributed by atoms with Crippen molar-refractivity contribution >= 4 is 17.5 Å². The number of nitrogens with zero attached hydrogens (tertiary/aromatic N) is 4. The van der Waals surface area contributed by atoms with Crippen LogP contribution in [0.2, 0.25) is 5.02 Å². The van der Waals surface area contributed by atoms with Gasteiger partial charge in [-0.2, -0.15) is 0 Å². The first kappa shape index (κ1) is 16.9. The Bertz CT molecular complexity index is 730. The highest BCUT2D eigenvalue weighted by Crippen LogP contribution is 2.21. The summed E-state index contributed by atoms with van der Waals surface area (Å²) in [4.78, 5) is 19.2. The smallest absolute Gasteiger partial charge is 0.293 e. The van der Waals surface area contributed by atoms with Gasteiger partial charge in [0.25, 0.3) is 5.91 Å². The number of rotatable bonds is 4. The van der Waals surface area contributed by atoms with Crippen molar-refractivity contribution in [2.45, 2.75) is 32.7 Å². The molecule has 1 fully saturated rings. The molecule has 0 bridgehead atoms. The lowest BCUT2D eigenvalue weighted by Crippen LogP contribution is -2.52. The van der Waals surface area contributed by atoms with Crippen molar-refractivity contribution in [2.24, 2.45) is 0 Å². The molecule has 2 heterocycles. The molecule has 0 unspecified atom stereocenters. The van der Waals surface area contributed by atoms with Gasteiger partial charge in [-0.1, -0.05) is 30.7 Å². The van der Waals surface area contributed by atoms with Crippen molar-refractivity contribution in [3.8, 4) is 5.69 Å². The summed E-state index contributed by atoms with van der Waals surface area (Å²) in [7, 11) is 0. The van der Waals surface area contributed by atoms with Crippen molar-refractivity contribution < 1.29 is 4.79 Å². The molecule has 0 spiro atoms. The number of carbonyl (C=O) groups excluding carboxylic acids is 1. The summed E-state index contributed by atoms with van der Waals surface area (Å²) in [5.41, 5.74) is 0.752.